The first-order valence-electron chi connectivity index (χ1n) is 5.70. The van der Waals surface area contributed by atoms with Gasteiger partial charge in [-0.2, -0.15) is 5.10 Å². The highest BCUT2D eigenvalue weighted by Crippen LogP contribution is 2.33. The zero-order valence-electron chi connectivity index (χ0n) is 10.6. The summed E-state index contributed by atoms with van der Waals surface area (Å²) in [7, 11) is 3.57. The summed E-state index contributed by atoms with van der Waals surface area (Å²) >= 11 is 7.87. The van der Waals surface area contributed by atoms with Crippen LogP contribution in [-0.4, -0.2) is 23.4 Å². The van der Waals surface area contributed by atoms with Crippen LogP contribution < -0.4 is 10.1 Å². The van der Waals surface area contributed by atoms with Crippen LogP contribution in [0.15, 0.2) is 17.6 Å². The van der Waals surface area contributed by atoms with Gasteiger partial charge in [0.1, 0.15) is 5.75 Å². The molecule has 0 aliphatic rings. The molecule has 18 heavy (non-hydrogen) atoms. The summed E-state index contributed by atoms with van der Waals surface area (Å²) in [5.41, 5.74) is 0.975. The Hall–Kier alpha value is -1.04. The highest BCUT2D eigenvalue weighted by molar-refractivity contribution is 7.10. The zero-order valence-corrected chi connectivity index (χ0v) is 12.2. The topological polar surface area (TPSA) is 39.1 Å². The van der Waals surface area contributed by atoms with Gasteiger partial charge in [-0.15, -0.1) is 11.3 Å². The average molecular weight is 286 g/mol. The summed E-state index contributed by atoms with van der Waals surface area (Å²) in [4.78, 5) is 1.17. The van der Waals surface area contributed by atoms with Gasteiger partial charge in [0.2, 0.25) is 0 Å². The Morgan fingerprint density at radius 1 is 1.61 bits per heavy atom. The van der Waals surface area contributed by atoms with E-state index in [1.165, 1.54) is 4.88 Å². The number of methoxy groups -OCH3 is 1. The minimum absolute atomic E-state index is 0.0453. The molecule has 0 bridgehead atoms. The molecular formula is C12H16ClN3OS. The predicted molar refractivity (Wildman–Crippen MR) is 74.6 cm³/mol. The lowest BCUT2D eigenvalue weighted by Crippen LogP contribution is -2.23. The highest BCUT2D eigenvalue weighted by Gasteiger charge is 2.21. The average Bonchev–Trinajstić information content (AvgIpc) is 2.95. The summed E-state index contributed by atoms with van der Waals surface area (Å²) in [6, 6.07) is 2.07. The number of ether oxygens (including phenoxy) is 1. The van der Waals surface area contributed by atoms with Crippen LogP contribution in [0, 0.1) is 0 Å². The van der Waals surface area contributed by atoms with Gasteiger partial charge < -0.3 is 10.1 Å². The fourth-order valence-electron chi connectivity index (χ4n) is 1.87. The van der Waals surface area contributed by atoms with Crippen molar-refractivity contribution >= 4 is 22.9 Å². The molecule has 1 N–H and O–H groups in total. The number of aromatic nitrogens is 2. The molecule has 0 spiro atoms. The van der Waals surface area contributed by atoms with E-state index in [2.05, 4.69) is 17.3 Å². The van der Waals surface area contributed by atoms with Gasteiger partial charge in [0.25, 0.3) is 0 Å². The third kappa shape index (κ3) is 2.53. The molecule has 2 aromatic heterocycles. The Labute approximate surface area is 116 Å². The van der Waals surface area contributed by atoms with E-state index < -0.39 is 0 Å². The molecule has 0 aromatic carbocycles. The number of nitrogens with one attached hydrogen (secondary N) is 1. The standard InChI is InChI=1S/C12H16ClN3OS/c1-4-14-11(10-5-8(17-3)7-18-10)12-9(13)6-15-16(12)2/h5-7,11,14H,4H2,1-3H3. The third-order valence-corrected chi connectivity index (χ3v) is 4.00. The number of rotatable bonds is 5. The number of hydrogen-bond donors (Lipinski definition) is 1. The van der Waals surface area contributed by atoms with Crippen molar-refractivity contribution in [2.24, 2.45) is 7.05 Å². The molecule has 2 rings (SSSR count). The van der Waals surface area contributed by atoms with Crippen LogP contribution in [0.5, 0.6) is 5.75 Å². The first-order valence-corrected chi connectivity index (χ1v) is 6.96. The van der Waals surface area contributed by atoms with Crippen molar-refractivity contribution in [1.82, 2.24) is 15.1 Å². The molecular weight excluding hydrogens is 270 g/mol. The van der Waals surface area contributed by atoms with Gasteiger partial charge in [0.15, 0.2) is 0 Å². The molecule has 0 aliphatic carbocycles. The monoisotopic (exact) mass is 285 g/mol. The van der Waals surface area contributed by atoms with Gasteiger partial charge in [-0.05, 0) is 12.6 Å². The largest absolute Gasteiger partial charge is 0.496 e. The van der Waals surface area contributed by atoms with Crippen molar-refractivity contribution in [2.75, 3.05) is 13.7 Å². The van der Waals surface area contributed by atoms with Crippen molar-refractivity contribution in [3.05, 3.63) is 33.2 Å². The Balaban J connectivity index is 2.39. The quantitative estimate of drug-likeness (QED) is 0.918. The lowest BCUT2D eigenvalue weighted by Gasteiger charge is -2.17. The van der Waals surface area contributed by atoms with Crippen LogP contribution in [0.1, 0.15) is 23.5 Å². The van der Waals surface area contributed by atoms with Crippen molar-refractivity contribution in [3.63, 3.8) is 0 Å². The maximum Gasteiger partial charge on any atom is 0.129 e. The van der Waals surface area contributed by atoms with Gasteiger partial charge in [0.05, 0.1) is 30.1 Å². The van der Waals surface area contributed by atoms with Crippen molar-refractivity contribution < 1.29 is 4.74 Å². The van der Waals surface area contributed by atoms with Crippen LogP contribution in [0.25, 0.3) is 0 Å². The predicted octanol–water partition coefficient (Wildman–Crippen LogP) is 2.84. The van der Waals surface area contributed by atoms with Crippen molar-refractivity contribution in [3.8, 4) is 5.75 Å². The number of thiophene rings is 1. The summed E-state index contributed by atoms with van der Waals surface area (Å²) in [5.74, 6) is 0.871. The number of halogens is 1. The first-order chi connectivity index (χ1) is 8.67. The third-order valence-electron chi connectivity index (χ3n) is 2.74. The Morgan fingerprint density at radius 3 is 2.89 bits per heavy atom. The second-order valence-corrected chi connectivity index (χ2v) is 5.23. The number of hydrogen-bond acceptors (Lipinski definition) is 4. The minimum Gasteiger partial charge on any atom is -0.496 e. The molecule has 0 radical (unpaired) electrons. The van der Waals surface area contributed by atoms with Crippen LogP contribution >= 0.6 is 22.9 Å². The maximum absolute atomic E-state index is 6.22. The molecule has 0 aliphatic heterocycles. The summed E-state index contributed by atoms with van der Waals surface area (Å²) in [5, 5.41) is 10.3. The number of nitrogens with zero attached hydrogens (tertiary/aromatic N) is 2. The molecule has 0 saturated carbocycles. The highest BCUT2D eigenvalue weighted by atomic mass is 35.5. The van der Waals surface area contributed by atoms with Crippen molar-refractivity contribution in [2.45, 2.75) is 13.0 Å². The lowest BCUT2D eigenvalue weighted by molar-refractivity contribution is 0.416. The van der Waals surface area contributed by atoms with Crippen LogP contribution in [0.3, 0.4) is 0 Å². The van der Waals surface area contributed by atoms with Gasteiger partial charge in [-0.3, -0.25) is 4.68 Å². The summed E-state index contributed by atoms with van der Waals surface area (Å²) in [6.45, 7) is 2.93. The molecule has 0 fully saturated rings. The van der Waals surface area contributed by atoms with E-state index >= 15 is 0 Å². The van der Waals surface area contributed by atoms with E-state index in [-0.39, 0.29) is 6.04 Å². The molecule has 98 valence electrons. The van der Waals surface area contributed by atoms with Crippen LogP contribution in [0.4, 0.5) is 0 Å². The van der Waals surface area contributed by atoms with Gasteiger partial charge >= 0.3 is 0 Å². The van der Waals surface area contributed by atoms with Gasteiger partial charge in [-0.25, -0.2) is 0 Å². The second-order valence-electron chi connectivity index (χ2n) is 3.88. The van der Waals surface area contributed by atoms with E-state index in [0.29, 0.717) is 5.02 Å². The molecule has 1 unspecified atom stereocenters. The van der Waals surface area contributed by atoms with E-state index in [1.54, 1.807) is 24.6 Å². The maximum atomic E-state index is 6.22. The zero-order chi connectivity index (χ0) is 13.1. The lowest BCUT2D eigenvalue weighted by atomic mass is 10.1. The van der Waals surface area contributed by atoms with Crippen LogP contribution in [-0.2, 0) is 7.05 Å². The summed E-state index contributed by atoms with van der Waals surface area (Å²) < 4.78 is 7.04. The Kier molecular flexibility index (Phi) is 4.27. The molecule has 1 atom stereocenters. The smallest absolute Gasteiger partial charge is 0.129 e. The van der Waals surface area contributed by atoms with Crippen molar-refractivity contribution in [1.29, 1.82) is 0 Å². The summed E-state index contributed by atoms with van der Waals surface area (Å²) in [6.07, 6.45) is 1.67. The van der Waals surface area contributed by atoms with E-state index in [0.717, 1.165) is 18.0 Å². The molecule has 0 saturated heterocycles. The Morgan fingerprint density at radius 2 is 2.39 bits per heavy atom. The van der Waals surface area contributed by atoms with E-state index in [9.17, 15) is 0 Å². The molecule has 0 amide bonds. The number of aryl methyl sites for hydroxylation is 1. The molecule has 6 heteroatoms. The fraction of sp³-hybridized carbons (Fsp3) is 0.417. The Bertz CT molecular complexity index is 504. The SMILES string of the molecule is CCNC(c1cc(OC)cs1)c1c(Cl)cnn1C. The molecule has 4 nitrogen and oxygen atoms in total. The van der Waals surface area contributed by atoms with Crippen LogP contribution in [0.2, 0.25) is 5.02 Å². The first kappa shape index (κ1) is 13.4. The van der Waals surface area contributed by atoms with E-state index in [1.807, 2.05) is 23.2 Å². The second kappa shape index (κ2) is 5.73. The minimum atomic E-state index is 0.0453. The molecule has 2 aromatic rings. The fourth-order valence-corrected chi connectivity index (χ4v) is 3.08. The molecule has 2 heterocycles. The van der Waals surface area contributed by atoms with Gasteiger partial charge in [-0.1, -0.05) is 18.5 Å². The van der Waals surface area contributed by atoms with Gasteiger partial charge in [0, 0.05) is 17.3 Å². The normalized spacial score (nSPS) is 12.7. The van der Waals surface area contributed by atoms with E-state index in [4.69, 9.17) is 16.3 Å².